The molecule has 8 heteroatoms. The van der Waals surface area contributed by atoms with Crippen LogP contribution in [0.15, 0.2) is 42.5 Å². The molecule has 0 aromatic heterocycles. The molecule has 2 aromatic carbocycles. The highest BCUT2D eigenvalue weighted by molar-refractivity contribution is 6.05. The number of nitrogens with zero attached hydrogens (tertiary/aromatic N) is 1. The molecule has 0 saturated heterocycles. The van der Waals surface area contributed by atoms with E-state index in [1.807, 2.05) is 13.8 Å². The fourth-order valence-corrected chi connectivity index (χ4v) is 2.74. The Balaban J connectivity index is 2.21. The quantitative estimate of drug-likeness (QED) is 0.669. The van der Waals surface area contributed by atoms with Crippen LogP contribution in [0, 0.1) is 0 Å². The number of carbonyl (C=O) groups excluding carboxylic acids is 2. The molecule has 0 unspecified atom stereocenters. The van der Waals surface area contributed by atoms with E-state index in [0.717, 1.165) is 0 Å². The summed E-state index contributed by atoms with van der Waals surface area (Å²) in [6.07, 6.45) is 0. The molecule has 2 rings (SSSR count). The number of carbonyl (C=O) groups is 2. The molecule has 0 aliphatic rings. The summed E-state index contributed by atoms with van der Waals surface area (Å²) in [4.78, 5) is 26.7. The maximum atomic E-state index is 12.6. The van der Waals surface area contributed by atoms with Gasteiger partial charge in [-0.3, -0.25) is 9.59 Å². The van der Waals surface area contributed by atoms with Gasteiger partial charge in [0, 0.05) is 29.9 Å². The average molecular weight is 406 g/mol. The van der Waals surface area contributed by atoms with Crippen LogP contribution in [0.3, 0.4) is 0 Å². The Labute approximate surface area is 168 Å². The van der Waals surface area contributed by atoms with Gasteiger partial charge in [-0.25, -0.2) is 0 Å². The second kappa shape index (κ2) is 10.4. The average Bonchev–Trinajstić information content (AvgIpc) is 2.70. The van der Waals surface area contributed by atoms with Crippen LogP contribution >= 0.6 is 0 Å². The molecule has 0 heterocycles. The topological polar surface area (TPSA) is 67.9 Å². The lowest BCUT2D eigenvalue weighted by atomic mass is 10.1. The van der Waals surface area contributed by atoms with Crippen LogP contribution in [0.25, 0.3) is 0 Å². The molecular formula is C21H24F2N2O4. The summed E-state index contributed by atoms with van der Waals surface area (Å²) in [5.74, 6) is -0.698. The molecule has 6 nitrogen and oxygen atoms in total. The Morgan fingerprint density at radius 2 is 1.72 bits per heavy atom. The lowest BCUT2D eigenvalue weighted by Gasteiger charge is -2.19. The van der Waals surface area contributed by atoms with Crippen molar-refractivity contribution in [1.29, 1.82) is 0 Å². The molecule has 0 aliphatic carbocycles. The van der Waals surface area contributed by atoms with E-state index in [2.05, 4.69) is 10.1 Å². The van der Waals surface area contributed by atoms with Crippen LogP contribution in [-0.4, -0.2) is 43.0 Å². The predicted molar refractivity (Wildman–Crippen MR) is 106 cm³/mol. The van der Waals surface area contributed by atoms with Crippen LogP contribution in [0.1, 0.15) is 41.5 Å². The monoisotopic (exact) mass is 406 g/mol. The maximum absolute atomic E-state index is 12.6. The van der Waals surface area contributed by atoms with E-state index in [4.69, 9.17) is 4.74 Å². The molecule has 156 valence electrons. The molecule has 0 radical (unpaired) electrons. The molecule has 29 heavy (non-hydrogen) atoms. The van der Waals surface area contributed by atoms with Gasteiger partial charge in [0.1, 0.15) is 0 Å². The third-order valence-electron chi connectivity index (χ3n) is 4.14. The van der Waals surface area contributed by atoms with Crippen LogP contribution in [0.5, 0.6) is 11.5 Å². The molecule has 1 N–H and O–H groups in total. The van der Waals surface area contributed by atoms with E-state index in [9.17, 15) is 18.4 Å². The summed E-state index contributed by atoms with van der Waals surface area (Å²) in [5, 5.41) is 2.70. The van der Waals surface area contributed by atoms with Crippen LogP contribution in [0.4, 0.5) is 14.5 Å². The van der Waals surface area contributed by atoms with Gasteiger partial charge >= 0.3 is 6.61 Å². The highest BCUT2D eigenvalue weighted by Gasteiger charge is 2.16. The summed E-state index contributed by atoms with van der Waals surface area (Å²) in [6, 6.07) is 10.6. The molecular weight excluding hydrogens is 382 g/mol. The van der Waals surface area contributed by atoms with Crippen molar-refractivity contribution in [2.75, 3.05) is 25.0 Å². The number of nitrogens with one attached hydrogen (secondary N) is 1. The largest absolute Gasteiger partial charge is 0.490 e. The predicted octanol–water partition coefficient (Wildman–Crippen LogP) is 4.42. The summed E-state index contributed by atoms with van der Waals surface area (Å²) >= 11 is 0. The fraction of sp³-hybridized carbons (Fsp3) is 0.333. The molecule has 2 amide bonds. The van der Waals surface area contributed by atoms with E-state index in [1.54, 1.807) is 36.1 Å². The highest BCUT2D eigenvalue weighted by atomic mass is 19.3. The van der Waals surface area contributed by atoms with Crippen molar-refractivity contribution < 1.29 is 27.8 Å². The number of amides is 2. The highest BCUT2D eigenvalue weighted by Crippen LogP contribution is 2.30. The number of hydrogen-bond donors (Lipinski definition) is 1. The van der Waals surface area contributed by atoms with Gasteiger partial charge in [0.2, 0.25) is 0 Å². The van der Waals surface area contributed by atoms with Gasteiger partial charge in [-0.2, -0.15) is 8.78 Å². The first kappa shape index (κ1) is 22.1. The van der Waals surface area contributed by atoms with E-state index >= 15 is 0 Å². The summed E-state index contributed by atoms with van der Waals surface area (Å²) in [7, 11) is 0. The number of ether oxygens (including phenoxy) is 2. The van der Waals surface area contributed by atoms with Crippen molar-refractivity contribution in [2.24, 2.45) is 0 Å². The van der Waals surface area contributed by atoms with Crippen molar-refractivity contribution in [2.45, 2.75) is 27.4 Å². The van der Waals surface area contributed by atoms with Gasteiger partial charge in [-0.05, 0) is 57.2 Å². The number of benzene rings is 2. The molecule has 0 fully saturated rings. The van der Waals surface area contributed by atoms with Crippen LogP contribution in [0.2, 0.25) is 0 Å². The molecule has 0 aliphatic heterocycles. The van der Waals surface area contributed by atoms with Gasteiger partial charge in [0.05, 0.1) is 6.61 Å². The van der Waals surface area contributed by atoms with E-state index in [0.29, 0.717) is 24.3 Å². The second-order valence-electron chi connectivity index (χ2n) is 5.99. The first-order chi connectivity index (χ1) is 13.9. The van der Waals surface area contributed by atoms with Gasteiger partial charge in [-0.1, -0.05) is 6.07 Å². The number of rotatable bonds is 9. The standard InChI is InChI=1S/C21H24F2N2O4/c1-4-25(5-2)20(27)15-8-7-9-16(12-15)24-19(26)14-10-11-17(29-21(22)23)18(13-14)28-6-3/h7-13,21H,4-6H2,1-3H3,(H,24,26). The number of anilines is 1. The van der Waals surface area contributed by atoms with E-state index in [-0.39, 0.29) is 29.6 Å². The maximum Gasteiger partial charge on any atom is 0.387 e. The normalized spacial score (nSPS) is 10.6. The van der Waals surface area contributed by atoms with Crippen LogP contribution < -0.4 is 14.8 Å². The van der Waals surface area contributed by atoms with Crippen LogP contribution in [-0.2, 0) is 0 Å². The van der Waals surface area contributed by atoms with Gasteiger partial charge in [0.25, 0.3) is 11.8 Å². The summed E-state index contributed by atoms with van der Waals surface area (Å²) < 4.78 is 34.7. The van der Waals surface area contributed by atoms with Gasteiger partial charge in [0.15, 0.2) is 11.5 Å². The third-order valence-corrected chi connectivity index (χ3v) is 4.14. The molecule has 0 bridgehead atoms. The second-order valence-corrected chi connectivity index (χ2v) is 5.99. The number of alkyl halides is 2. The number of halogens is 2. The van der Waals surface area contributed by atoms with E-state index < -0.39 is 12.5 Å². The summed E-state index contributed by atoms with van der Waals surface area (Å²) in [6.45, 7) is 3.87. The van der Waals surface area contributed by atoms with Crippen molar-refractivity contribution in [1.82, 2.24) is 4.90 Å². The van der Waals surface area contributed by atoms with Crippen molar-refractivity contribution in [3.8, 4) is 11.5 Å². The molecule has 0 saturated carbocycles. The lowest BCUT2D eigenvalue weighted by Crippen LogP contribution is -2.30. The Morgan fingerprint density at radius 3 is 2.34 bits per heavy atom. The minimum absolute atomic E-state index is 0.0471. The minimum atomic E-state index is -3.00. The first-order valence-corrected chi connectivity index (χ1v) is 9.31. The zero-order valence-electron chi connectivity index (χ0n) is 16.6. The Bertz CT molecular complexity index is 854. The van der Waals surface area contributed by atoms with Gasteiger partial charge in [-0.15, -0.1) is 0 Å². The molecule has 0 spiro atoms. The zero-order chi connectivity index (χ0) is 21.4. The third kappa shape index (κ3) is 5.91. The molecule has 2 aromatic rings. The van der Waals surface area contributed by atoms with Crippen molar-refractivity contribution in [3.63, 3.8) is 0 Å². The Hall–Kier alpha value is -3.16. The number of hydrogen-bond acceptors (Lipinski definition) is 4. The zero-order valence-corrected chi connectivity index (χ0v) is 16.6. The molecule has 0 atom stereocenters. The smallest absolute Gasteiger partial charge is 0.387 e. The Morgan fingerprint density at radius 1 is 1.00 bits per heavy atom. The van der Waals surface area contributed by atoms with Crippen molar-refractivity contribution in [3.05, 3.63) is 53.6 Å². The minimum Gasteiger partial charge on any atom is -0.490 e. The van der Waals surface area contributed by atoms with E-state index in [1.165, 1.54) is 18.2 Å². The Kier molecular flexibility index (Phi) is 7.94. The summed E-state index contributed by atoms with van der Waals surface area (Å²) in [5.41, 5.74) is 1.11. The van der Waals surface area contributed by atoms with Crippen molar-refractivity contribution >= 4 is 17.5 Å². The lowest BCUT2D eigenvalue weighted by molar-refractivity contribution is -0.0514. The SMILES string of the molecule is CCOc1cc(C(=O)Nc2cccc(C(=O)N(CC)CC)c2)ccc1OC(F)F. The first-order valence-electron chi connectivity index (χ1n) is 9.31. The van der Waals surface area contributed by atoms with Gasteiger partial charge < -0.3 is 19.7 Å². The fourth-order valence-electron chi connectivity index (χ4n) is 2.74.